The van der Waals surface area contributed by atoms with Crippen molar-refractivity contribution in [1.82, 2.24) is 19.3 Å². The lowest BCUT2D eigenvalue weighted by molar-refractivity contribution is -0.146. The van der Waals surface area contributed by atoms with Gasteiger partial charge in [-0.05, 0) is 32.0 Å². The molecule has 4 amide bonds. The van der Waals surface area contributed by atoms with Crippen molar-refractivity contribution in [2.45, 2.75) is 26.7 Å². The first-order valence-corrected chi connectivity index (χ1v) is 11.8. The highest BCUT2D eigenvalue weighted by Crippen LogP contribution is 2.33. The average Bonchev–Trinajstić information content (AvgIpc) is 3.35. The Hall–Kier alpha value is -3.82. The molecule has 4 heterocycles. The fourth-order valence-corrected chi connectivity index (χ4v) is 4.91. The van der Waals surface area contributed by atoms with Gasteiger partial charge in [0.05, 0.1) is 5.56 Å². The van der Waals surface area contributed by atoms with Crippen molar-refractivity contribution < 1.29 is 28.7 Å². The van der Waals surface area contributed by atoms with E-state index in [1.807, 2.05) is 42.7 Å². The molecule has 2 fully saturated rings. The molecule has 0 saturated carbocycles. The minimum atomic E-state index is -0.300. The second-order valence-corrected chi connectivity index (χ2v) is 8.99. The third-order valence-corrected chi connectivity index (χ3v) is 6.81. The van der Waals surface area contributed by atoms with Crippen molar-refractivity contribution in [2.75, 3.05) is 45.9 Å². The molecule has 0 bridgehead atoms. The van der Waals surface area contributed by atoms with Gasteiger partial charge in [0.15, 0.2) is 11.5 Å². The van der Waals surface area contributed by atoms with Crippen molar-refractivity contribution in [3.8, 4) is 17.2 Å². The van der Waals surface area contributed by atoms with Crippen LogP contribution in [0.25, 0.3) is 5.69 Å². The summed E-state index contributed by atoms with van der Waals surface area (Å²) in [5, 5.41) is 0. The SMILES string of the molecule is Cc1cc(C(=O)N2CCN(C(=O)CN3C(=O)CCC3=O)CC2)c(C)n1-c1ccc2c(c1)OCCO2. The first-order chi connectivity index (χ1) is 16.8. The van der Waals surface area contributed by atoms with Crippen LogP contribution in [0.2, 0.25) is 0 Å². The Bertz CT molecular complexity index is 1190. The fourth-order valence-electron chi connectivity index (χ4n) is 4.91. The summed E-state index contributed by atoms with van der Waals surface area (Å²) in [4.78, 5) is 54.0. The highest BCUT2D eigenvalue weighted by atomic mass is 16.6. The molecule has 2 saturated heterocycles. The van der Waals surface area contributed by atoms with Gasteiger partial charge in [0.1, 0.15) is 19.8 Å². The van der Waals surface area contributed by atoms with Gasteiger partial charge in [0.25, 0.3) is 5.91 Å². The van der Waals surface area contributed by atoms with Gasteiger partial charge in [-0.3, -0.25) is 24.1 Å². The predicted molar refractivity (Wildman–Crippen MR) is 125 cm³/mol. The molecule has 1 aromatic heterocycles. The molecule has 0 atom stereocenters. The van der Waals surface area contributed by atoms with E-state index < -0.39 is 0 Å². The smallest absolute Gasteiger partial charge is 0.255 e. The molecule has 1 aromatic carbocycles. The van der Waals surface area contributed by atoms with Gasteiger partial charge in [0, 0.05) is 62.2 Å². The third-order valence-electron chi connectivity index (χ3n) is 6.81. The van der Waals surface area contributed by atoms with E-state index in [1.54, 1.807) is 9.80 Å². The summed E-state index contributed by atoms with van der Waals surface area (Å²) in [6, 6.07) is 7.63. The molecule has 0 N–H and O–H groups in total. The number of amides is 4. The lowest BCUT2D eigenvalue weighted by atomic mass is 10.2. The summed E-state index contributed by atoms with van der Waals surface area (Å²) in [5.41, 5.74) is 3.26. The van der Waals surface area contributed by atoms with Crippen molar-refractivity contribution in [2.24, 2.45) is 0 Å². The Morgan fingerprint density at radius 1 is 0.857 bits per heavy atom. The van der Waals surface area contributed by atoms with Crippen LogP contribution in [0, 0.1) is 13.8 Å². The molecule has 10 heteroatoms. The monoisotopic (exact) mass is 480 g/mol. The maximum absolute atomic E-state index is 13.4. The van der Waals surface area contributed by atoms with E-state index >= 15 is 0 Å². The zero-order chi connectivity index (χ0) is 24.7. The van der Waals surface area contributed by atoms with Gasteiger partial charge in [-0.25, -0.2) is 0 Å². The summed E-state index contributed by atoms with van der Waals surface area (Å²) in [5.74, 6) is 0.448. The normalized spacial score (nSPS) is 17.8. The van der Waals surface area contributed by atoms with Crippen LogP contribution in [0.4, 0.5) is 0 Å². The zero-order valence-electron chi connectivity index (χ0n) is 19.9. The van der Waals surface area contributed by atoms with E-state index in [2.05, 4.69) is 0 Å². The third kappa shape index (κ3) is 4.24. The van der Waals surface area contributed by atoms with Crippen molar-refractivity contribution in [3.05, 3.63) is 41.2 Å². The largest absolute Gasteiger partial charge is 0.486 e. The van der Waals surface area contributed by atoms with Crippen molar-refractivity contribution >= 4 is 23.6 Å². The standard InChI is InChI=1S/C25H28N4O6/c1-16-13-19(17(2)29(16)18-3-4-20-21(14-18)35-12-11-34-20)25(33)27-9-7-26(8-10-27)24(32)15-28-22(30)5-6-23(28)31/h3-4,13-14H,5-12,15H2,1-2H3. The van der Waals surface area contributed by atoms with Crippen LogP contribution in [-0.4, -0.2) is 88.8 Å². The van der Waals surface area contributed by atoms with E-state index in [0.717, 1.165) is 22.0 Å². The number of ether oxygens (including phenoxy) is 2. The lowest BCUT2D eigenvalue weighted by Crippen LogP contribution is -2.53. The van der Waals surface area contributed by atoms with Crippen LogP contribution in [0.15, 0.2) is 24.3 Å². The molecule has 0 aliphatic carbocycles. The van der Waals surface area contributed by atoms with Gasteiger partial charge in [0.2, 0.25) is 17.7 Å². The summed E-state index contributed by atoms with van der Waals surface area (Å²) in [7, 11) is 0. The molecule has 2 aromatic rings. The van der Waals surface area contributed by atoms with E-state index in [-0.39, 0.29) is 43.0 Å². The topological polar surface area (TPSA) is 101 Å². The average molecular weight is 481 g/mol. The van der Waals surface area contributed by atoms with Crippen LogP contribution >= 0.6 is 0 Å². The van der Waals surface area contributed by atoms with E-state index in [9.17, 15) is 19.2 Å². The Kier molecular flexibility index (Phi) is 5.96. The van der Waals surface area contributed by atoms with Gasteiger partial charge in [-0.2, -0.15) is 0 Å². The Morgan fingerprint density at radius 2 is 1.49 bits per heavy atom. The van der Waals surface area contributed by atoms with Crippen LogP contribution in [0.3, 0.4) is 0 Å². The van der Waals surface area contributed by atoms with Crippen molar-refractivity contribution in [1.29, 1.82) is 0 Å². The number of likely N-dealkylation sites (tertiary alicyclic amines) is 1. The lowest BCUT2D eigenvalue weighted by Gasteiger charge is -2.35. The number of benzene rings is 1. The van der Waals surface area contributed by atoms with Crippen LogP contribution < -0.4 is 9.47 Å². The van der Waals surface area contributed by atoms with E-state index in [0.29, 0.717) is 56.5 Å². The van der Waals surface area contributed by atoms with E-state index in [1.165, 1.54) is 0 Å². The van der Waals surface area contributed by atoms with Crippen LogP contribution in [0.1, 0.15) is 34.6 Å². The number of hydrogen-bond acceptors (Lipinski definition) is 6. The molecule has 0 radical (unpaired) electrons. The molecule has 0 unspecified atom stereocenters. The Morgan fingerprint density at radius 3 is 2.17 bits per heavy atom. The number of nitrogens with zero attached hydrogens (tertiary/aromatic N) is 4. The Balaban J connectivity index is 1.26. The molecule has 184 valence electrons. The molecule has 5 rings (SSSR count). The van der Waals surface area contributed by atoms with Gasteiger partial charge in [-0.15, -0.1) is 0 Å². The van der Waals surface area contributed by atoms with Crippen molar-refractivity contribution in [3.63, 3.8) is 0 Å². The maximum Gasteiger partial charge on any atom is 0.255 e. The highest BCUT2D eigenvalue weighted by Gasteiger charge is 2.33. The summed E-state index contributed by atoms with van der Waals surface area (Å²) >= 11 is 0. The maximum atomic E-state index is 13.4. The predicted octanol–water partition coefficient (Wildman–Crippen LogP) is 1.30. The number of fused-ring (bicyclic) bond motifs is 1. The summed E-state index contributed by atoms with van der Waals surface area (Å²) < 4.78 is 13.3. The first kappa shape index (κ1) is 22.9. The summed E-state index contributed by atoms with van der Waals surface area (Å²) in [6.45, 7) is 6.19. The van der Waals surface area contributed by atoms with Gasteiger partial charge in [-0.1, -0.05) is 0 Å². The number of rotatable bonds is 4. The molecule has 3 aliphatic rings. The second kappa shape index (κ2) is 9.09. The first-order valence-electron chi connectivity index (χ1n) is 11.8. The minimum Gasteiger partial charge on any atom is -0.486 e. The number of carbonyl (C=O) groups is 4. The second-order valence-electron chi connectivity index (χ2n) is 8.99. The molecular weight excluding hydrogens is 452 g/mol. The Labute approximate surface area is 203 Å². The zero-order valence-corrected chi connectivity index (χ0v) is 19.9. The number of carbonyl (C=O) groups excluding carboxylic acids is 4. The number of imide groups is 1. The molecule has 0 spiro atoms. The van der Waals surface area contributed by atoms with E-state index in [4.69, 9.17) is 9.47 Å². The highest BCUT2D eigenvalue weighted by molar-refractivity contribution is 6.04. The number of aromatic nitrogens is 1. The molecule has 10 nitrogen and oxygen atoms in total. The minimum absolute atomic E-state index is 0.0844. The van der Waals surface area contributed by atoms with Gasteiger partial charge >= 0.3 is 0 Å². The molecule has 3 aliphatic heterocycles. The van der Waals surface area contributed by atoms with Gasteiger partial charge < -0.3 is 23.8 Å². The number of aryl methyl sites for hydroxylation is 1. The van der Waals surface area contributed by atoms with Crippen LogP contribution in [0.5, 0.6) is 11.5 Å². The fraction of sp³-hybridized carbons (Fsp3) is 0.440. The van der Waals surface area contributed by atoms with Crippen LogP contribution in [-0.2, 0) is 14.4 Å². The number of piperazine rings is 1. The molecular formula is C25H28N4O6. The number of hydrogen-bond donors (Lipinski definition) is 0. The summed E-state index contributed by atoms with van der Waals surface area (Å²) in [6.07, 6.45) is 0.331. The quantitative estimate of drug-likeness (QED) is 0.612. The molecule has 35 heavy (non-hydrogen) atoms.